The first-order valence-corrected chi connectivity index (χ1v) is 10.5. The van der Waals surface area contributed by atoms with Crippen LogP contribution in [-0.2, 0) is 11.3 Å². The van der Waals surface area contributed by atoms with E-state index < -0.39 is 11.7 Å². The summed E-state index contributed by atoms with van der Waals surface area (Å²) in [5, 5.41) is 3.32. The second-order valence-corrected chi connectivity index (χ2v) is 7.86. The Kier molecular flexibility index (Phi) is 6.24. The molecule has 0 aliphatic carbocycles. The molecular formula is C25H20ClN3O4. The van der Waals surface area contributed by atoms with Gasteiger partial charge in [0.2, 0.25) is 11.7 Å². The fraction of sp³-hybridized carbons (Fsp3) is 0.120. The van der Waals surface area contributed by atoms with Crippen molar-refractivity contribution in [3.63, 3.8) is 0 Å². The number of ether oxygens (including phenoxy) is 1. The number of carbonyl (C=O) groups is 3. The summed E-state index contributed by atoms with van der Waals surface area (Å²) >= 11 is 6.03. The number of amides is 2. The molecule has 0 fully saturated rings. The minimum atomic E-state index is -0.443. The Morgan fingerprint density at radius 2 is 1.97 bits per heavy atom. The first kappa shape index (κ1) is 22.2. The van der Waals surface area contributed by atoms with Gasteiger partial charge in [-0.1, -0.05) is 23.7 Å². The van der Waals surface area contributed by atoms with Crippen molar-refractivity contribution >= 4 is 41.0 Å². The average Bonchev–Trinajstić information content (AvgIpc) is 2.83. The summed E-state index contributed by atoms with van der Waals surface area (Å²) < 4.78 is 5.09. The highest BCUT2D eigenvalue weighted by Crippen LogP contribution is 2.31. The van der Waals surface area contributed by atoms with Crippen molar-refractivity contribution < 1.29 is 19.1 Å². The SMILES string of the molecule is COc1cc(CNC(=O)c2ccc3c(c2)C(=O)/C(=C/c2cccc(Cl)c2)C(=O)N3C)ccn1. The number of hydrogen-bond donors (Lipinski definition) is 1. The fourth-order valence-corrected chi connectivity index (χ4v) is 3.73. The summed E-state index contributed by atoms with van der Waals surface area (Å²) in [6.07, 6.45) is 3.11. The molecule has 1 N–H and O–H groups in total. The minimum Gasteiger partial charge on any atom is -0.481 e. The van der Waals surface area contributed by atoms with Crippen molar-refractivity contribution in [3.05, 3.63) is 93.6 Å². The van der Waals surface area contributed by atoms with Gasteiger partial charge in [0, 0.05) is 42.0 Å². The van der Waals surface area contributed by atoms with Gasteiger partial charge >= 0.3 is 0 Å². The molecular weight excluding hydrogens is 442 g/mol. The zero-order chi connectivity index (χ0) is 23.5. The van der Waals surface area contributed by atoms with Crippen molar-refractivity contribution in [3.8, 4) is 5.88 Å². The number of rotatable bonds is 5. The van der Waals surface area contributed by atoms with Crippen molar-refractivity contribution in [2.45, 2.75) is 6.54 Å². The zero-order valence-corrected chi connectivity index (χ0v) is 18.7. The van der Waals surface area contributed by atoms with Crippen molar-refractivity contribution in [2.75, 3.05) is 19.1 Å². The molecule has 0 unspecified atom stereocenters. The monoisotopic (exact) mass is 461 g/mol. The number of Topliss-reactive ketones (excluding diaryl/α,β-unsaturated/α-hetero) is 1. The number of nitrogens with zero attached hydrogens (tertiary/aromatic N) is 2. The van der Waals surface area contributed by atoms with Crippen molar-refractivity contribution in [1.29, 1.82) is 0 Å². The Morgan fingerprint density at radius 3 is 2.73 bits per heavy atom. The number of fused-ring (bicyclic) bond motifs is 1. The Morgan fingerprint density at radius 1 is 1.15 bits per heavy atom. The number of methoxy groups -OCH3 is 1. The Labute approximate surface area is 195 Å². The molecule has 1 aliphatic heterocycles. The topological polar surface area (TPSA) is 88.6 Å². The predicted octanol–water partition coefficient (Wildman–Crippen LogP) is 3.92. The lowest BCUT2D eigenvalue weighted by Gasteiger charge is -2.27. The molecule has 0 radical (unpaired) electrons. The van der Waals surface area contributed by atoms with E-state index in [9.17, 15) is 14.4 Å². The third kappa shape index (κ3) is 4.63. The van der Waals surface area contributed by atoms with Crippen LogP contribution in [0.15, 0.2) is 66.4 Å². The van der Waals surface area contributed by atoms with Gasteiger partial charge in [-0.3, -0.25) is 14.4 Å². The standard InChI is InChI=1S/C25H20ClN3O4/c1-29-21-7-6-17(24(31)28-14-16-8-9-27-22(12-16)33-2)13-19(21)23(30)20(25(29)32)11-15-4-3-5-18(26)10-15/h3-13H,14H2,1-2H3,(H,28,31)/b20-11-. The van der Waals surface area contributed by atoms with Crippen LogP contribution < -0.4 is 15.0 Å². The van der Waals surface area contributed by atoms with E-state index in [1.54, 1.807) is 61.8 Å². The van der Waals surface area contributed by atoms with E-state index in [0.717, 1.165) is 5.56 Å². The van der Waals surface area contributed by atoms with Gasteiger partial charge in [-0.05, 0) is 53.6 Å². The summed E-state index contributed by atoms with van der Waals surface area (Å²) in [7, 11) is 3.11. The smallest absolute Gasteiger partial charge is 0.262 e. The quantitative estimate of drug-likeness (QED) is 0.459. The highest BCUT2D eigenvalue weighted by atomic mass is 35.5. The Bertz CT molecular complexity index is 1300. The van der Waals surface area contributed by atoms with Gasteiger partial charge in [0.05, 0.1) is 18.4 Å². The Balaban J connectivity index is 1.60. The minimum absolute atomic E-state index is 0.00806. The first-order valence-electron chi connectivity index (χ1n) is 10.1. The number of hydrogen-bond acceptors (Lipinski definition) is 5. The molecule has 166 valence electrons. The largest absolute Gasteiger partial charge is 0.481 e. The van der Waals surface area contributed by atoms with Crippen LogP contribution in [0.4, 0.5) is 5.69 Å². The number of likely N-dealkylation sites (N-methyl/N-ethyl adjacent to an activating group) is 1. The highest BCUT2D eigenvalue weighted by Gasteiger charge is 2.33. The van der Waals surface area contributed by atoms with Crippen LogP contribution >= 0.6 is 11.6 Å². The number of halogens is 1. The molecule has 0 bridgehead atoms. The molecule has 7 nitrogen and oxygen atoms in total. The number of nitrogens with one attached hydrogen (secondary N) is 1. The second kappa shape index (κ2) is 9.26. The van der Waals surface area contributed by atoms with Crippen LogP contribution in [0.5, 0.6) is 5.88 Å². The molecule has 33 heavy (non-hydrogen) atoms. The molecule has 4 rings (SSSR count). The van der Waals surface area contributed by atoms with Crippen LogP contribution in [0, 0.1) is 0 Å². The number of pyridine rings is 1. The van der Waals surface area contributed by atoms with Gasteiger partial charge in [0.1, 0.15) is 0 Å². The number of ketones is 1. The molecule has 2 heterocycles. The van der Waals surface area contributed by atoms with Crippen LogP contribution in [0.3, 0.4) is 0 Å². The van der Waals surface area contributed by atoms with Crippen molar-refractivity contribution in [1.82, 2.24) is 10.3 Å². The molecule has 1 aliphatic rings. The summed E-state index contributed by atoms with van der Waals surface area (Å²) in [6.45, 7) is 0.265. The Hall–Kier alpha value is -3.97. The lowest BCUT2D eigenvalue weighted by molar-refractivity contribution is -0.114. The third-order valence-corrected chi connectivity index (χ3v) is 5.50. The van der Waals surface area contributed by atoms with Crippen LogP contribution in [0.1, 0.15) is 31.8 Å². The van der Waals surface area contributed by atoms with Gasteiger partial charge in [-0.15, -0.1) is 0 Å². The predicted molar refractivity (Wildman–Crippen MR) is 126 cm³/mol. The fourth-order valence-electron chi connectivity index (χ4n) is 3.53. The number of aromatic nitrogens is 1. The van der Waals surface area contributed by atoms with Gasteiger partial charge < -0.3 is 15.0 Å². The average molecular weight is 462 g/mol. The molecule has 1 aromatic heterocycles. The van der Waals surface area contributed by atoms with Crippen LogP contribution in [0.25, 0.3) is 6.08 Å². The molecule has 0 saturated heterocycles. The van der Waals surface area contributed by atoms with Gasteiger partial charge in [0.25, 0.3) is 11.8 Å². The summed E-state index contributed by atoms with van der Waals surface area (Å²) in [5.41, 5.74) is 2.51. The third-order valence-electron chi connectivity index (χ3n) is 5.27. The maximum Gasteiger partial charge on any atom is 0.262 e. The van der Waals surface area contributed by atoms with Gasteiger partial charge in [-0.2, -0.15) is 0 Å². The summed E-state index contributed by atoms with van der Waals surface area (Å²) in [4.78, 5) is 44.2. The molecule has 2 aromatic carbocycles. The number of anilines is 1. The maximum absolute atomic E-state index is 13.2. The lowest BCUT2D eigenvalue weighted by atomic mass is 9.92. The first-order chi connectivity index (χ1) is 15.9. The second-order valence-electron chi connectivity index (χ2n) is 7.43. The van der Waals surface area contributed by atoms with Crippen LogP contribution in [0.2, 0.25) is 5.02 Å². The van der Waals surface area contributed by atoms with E-state index in [2.05, 4.69) is 10.3 Å². The van der Waals surface area contributed by atoms with E-state index in [4.69, 9.17) is 16.3 Å². The van der Waals surface area contributed by atoms with E-state index in [1.165, 1.54) is 24.2 Å². The highest BCUT2D eigenvalue weighted by molar-refractivity contribution is 6.37. The van der Waals surface area contributed by atoms with Crippen LogP contribution in [-0.4, -0.2) is 36.7 Å². The van der Waals surface area contributed by atoms with E-state index in [0.29, 0.717) is 27.7 Å². The molecule has 3 aromatic rings. The molecule has 2 amide bonds. The number of benzene rings is 2. The molecule has 0 spiro atoms. The lowest BCUT2D eigenvalue weighted by Crippen LogP contribution is -2.37. The molecule has 0 saturated carbocycles. The van der Waals surface area contributed by atoms with E-state index >= 15 is 0 Å². The van der Waals surface area contributed by atoms with Crippen molar-refractivity contribution in [2.24, 2.45) is 0 Å². The molecule has 0 atom stereocenters. The van der Waals surface area contributed by atoms with Gasteiger partial charge in [0.15, 0.2) is 0 Å². The normalized spacial score (nSPS) is 14.3. The summed E-state index contributed by atoms with van der Waals surface area (Å²) in [5.74, 6) is -0.757. The summed E-state index contributed by atoms with van der Waals surface area (Å²) in [6, 6.07) is 15.1. The maximum atomic E-state index is 13.2. The molecule has 8 heteroatoms. The van der Waals surface area contributed by atoms with E-state index in [-0.39, 0.29) is 23.6 Å². The number of carbonyl (C=O) groups excluding carboxylic acids is 3. The van der Waals surface area contributed by atoms with Gasteiger partial charge in [-0.25, -0.2) is 4.98 Å². The van der Waals surface area contributed by atoms with E-state index in [1.807, 2.05) is 0 Å². The zero-order valence-electron chi connectivity index (χ0n) is 18.0.